The van der Waals surface area contributed by atoms with E-state index in [4.69, 9.17) is 18.9 Å². The van der Waals surface area contributed by atoms with Gasteiger partial charge in [-0.15, -0.1) is 0 Å². The first kappa shape index (κ1) is 25.6. The number of aromatic nitrogens is 1. The van der Waals surface area contributed by atoms with E-state index in [0.29, 0.717) is 16.9 Å². The molecule has 5 rings (SSSR count). The van der Waals surface area contributed by atoms with Crippen molar-refractivity contribution >= 4 is 12.1 Å². The minimum Gasteiger partial charge on any atom is -0.497 e. The molecule has 3 aromatic carbocycles. The molecule has 0 atom stereocenters. The molecule has 0 bridgehead atoms. The predicted octanol–water partition coefficient (Wildman–Crippen LogP) is 7.97. The van der Waals surface area contributed by atoms with Crippen LogP contribution in [0.2, 0.25) is 0 Å². The van der Waals surface area contributed by atoms with Crippen molar-refractivity contribution in [2.24, 2.45) is 4.99 Å². The molecule has 39 heavy (non-hydrogen) atoms. The third-order valence-electron chi connectivity index (χ3n) is 6.78. The normalized spacial score (nSPS) is 11.1. The van der Waals surface area contributed by atoms with Crippen molar-refractivity contribution in [2.45, 2.75) is 20.8 Å². The number of furan rings is 1. The summed E-state index contributed by atoms with van der Waals surface area (Å²) in [5.74, 6) is 2.29. The van der Waals surface area contributed by atoms with Crippen LogP contribution in [-0.4, -0.2) is 25.0 Å². The first-order chi connectivity index (χ1) is 18.9. The number of aliphatic imine (C=N–C) groups is 1. The molecule has 0 radical (unpaired) electrons. The minimum absolute atomic E-state index is 0.259. The van der Waals surface area contributed by atoms with Crippen LogP contribution in [0.25, 0.3) is 28.1 Å². The Morgan fingerprint density at radius 1 is 0.846 bits per heavy atom. The maximum atomic E-state index is 10.2. The lowest BCUT2D eigenvalue weighted by Gasteiger charge is -2.10. The molecule has 6 heteroatoms. The fourth-order valence-electron chi connectivity index (χ4n) is 4.80. The molecule has 0 aliphatic rings. The van der Waals surface area contributed by atoms with Crippen LogP contribution < -0.4 is 9.47 Å². The lowest BCUT2D eigenvalue weighted by atomic mass is 9.98. The second kappa shape index (κ2) is 10.8. The lowest BCUT2D eigenvalue weighted by molar-refractivity contribution is 0.414. The van der Waals surface area contributed by atoms with Crippen LogP contribution in [0.4, 0.5) is 5.88 Å². The van der Waals surface area contributed by atoms with E-state index in [-0.39, 0.29) is 5.88 Å². The van der Waals surface area contributed by atoms with E-state index < -0.39 is 0 Å². The summed E-state index contributed by atoms with van der Waals surface area (Å²) in [6.07, 6.45) is 1.77. The van der Waals surface area contributed by atoms with Gasteiger partial charge in [0.05, 0.1) is 14.2 Å². The van der Waals surface area contributed by atoms with Crippen molar-refractivity contribution in [3.05, 3.63) is 107 Å². The van der Waals surface area contributed by atoms with Crippen LogP contribution in [-0.2, 0) is 0 Å². The maximum absolute atomic E-state index is 10.2. The zero-order valence-electron chi connectivity index (χ0n) is 22.6. The number of hydrogen-bond donors (Lipinski definition) is 0. The summed E-state index contributed by atoms with van der Waals surface area (Å²) in [5, 5.41) is 10.2. The monoisotopic (exact) mass is 515 g/mol. The van der Waals surface area contributed by atoms with E-state index in [0.717, 1.165) is 45.3 Å². The Labute approximate surface area is 228 Å². The van der Waals surface area contributed by atoms with Gasteiger partial charge < -0.3 is 18.5 Å². The highest BCUT2D eigenvalue weighted by atomic mass is 16.5. The molecule has 5 aromatic rings. The zero-order chi connectivity index (χ0) is 27.5. The number of hydrogen-bond acceptors (Lipinski definition) is 5. The Morgan fingerprint density at radius 3 is 2.08 bits per heavy atom. The third kappa shape index (κ3) is 4.95. The minimum atomic E-state index is 0.259. The Balaban J connectivity index is 1.62. The van der Waals surface area contributed by atoms with Crippen molar-refractivity contribution in [1.82, 2.24) is 4.57 Å². The SMILES string of the molecule is COc1ccc(-c2oc(N=Cc3cc(C)n(-c4cccc(C)c4)c3C)c(C#N)c2-c2ccc(OC)cc2)cc1. The average Bonchev–Trinajstić information content (AvgIpc) is 3.47. The van der Waals surface area contributed by atoms with Crippen LogP contribution in [0.3, 0.4) is 0 Å². The van der Waals surface area contributed by atoms with Crippen molar-refractivity contribution in [3.63, 3.8) is 0 Å². The van der Waals surface area contributed by atoms with Gasteiger partial charge in [0.15, 0.2) is 0 Å². The second-order valence-electron chi connectivity index (χ2n) is 9.31. The molecule has 2 heterocycles. The number of rotatable bonds is 7. The highest BCUT2D eigenvalue weighted by Gasteiger charge is 2.23. The number of aryl methyl sites for hydroxylation is 2. The van der Waals surface area contributed by atoms with Gasteiger partial charge >= 0.3 is 0 Å². The molecule has 0 N–H and O–H groups in total. The fraction of sp³-hybridized carbons (Fsp3) is 0.152. The molecule has 0 amide bonds. The quantitative estimate of drug-likeness (QED) is 0.206. The van der Waals surface area contributed by atoms with Crippen molar-refractivity contribution in [2.75, 3.05) is 14.2 Å². The molecule has 0 fully saturated rings. The van der Waals surface area contributed by atoms with Gasteiger partial charge in [-0.1, -0.05) is 24.3 Å². The van der Waals surface area contributed by atoms with Crippen LogP contribution in [0, 0.1) is 32.1 Å². The third-order valence-corrected chi connectivity index (χ3v) is 6.78. The highest BCUT2D eigenvalue weighted by molar-refractivity contribution is 5.90. The number of methoxy groups -OCH3 is 2. The van der Waals surface area contributed by atoms with Crippen LogP contribution in [0.15, 0.2) is 88.3 Å². The predicted molar refractivity (Wildman–Crippen MR) is 155 cm³/mol. The van der Waals surface area contributed by atoms with Gasteiger partial charge in [0.25, 0.3) is 0 Å². The first-order valence-electron chi connectivity index (χ1n) is 12.6. The average molecular weight is 516 g/mol. The first-order valence-corrected chi connectivity index (χ1v) is 12.6. The number of nitrogens with zero attached hydrogens (tertiary/aromatic N) is 3. The summed E-state index contributed by atoms with van der Waals surface area (Å²) in [4.78, 5) is 4.70. The van der Waals surface area contributed by atoms with E-state index in [1.807, 2.05) is 48.5 Å². The standard InChI is InChI=1S/C33H29N3O3/c1-21-7-6-8-27(17-21)36-22(2)18-26(23(36)3)20-35-33-30(19-34)31(24-9-13-28(37-4)14-10-24)32(39-33)25-11-15-29(38-5)16-12-25/h6-18,20H,1-5H3. The van der Waals surface area contributed by atoms with Crippen LogP contribution >= 0.6 is 0 Å². The molecule has 0 saturated heterocycles. The Hall–Kier alpha value is -5.02. The van der Waals surface area contributed by atoms with Crippen LogP contribution in [0.5, 0.6) is 11.5 Å². The molecular formula is C33H29N3O3. The Bertz CT molecular complexity index is 1700. The van der Waals surface area contributed by atoms with Gasteiger partial charge in [-0.25, -0.2) is 4.99 Å². The van der Waals surface area contributed by atoms with Crippen molar-refractivity contribution < 1.29 is 13.9 Å². The summed E-state index contributed by atoms with van der Waals surface area (Å²) in [5.41, 5.74) is 8.10. The maximum Gasteiger partial charge on any atom is 0.238 e. The van der Waals surface area contributed by atoms with Gasteiger partial charge in [-0.3, -0.25) is 0 Å². The van der Waals surface area contributed by atoms with Crippen molar-refractivity contribution in [1.29, 1.82) is 5.26 Å². The van der Waals surface area contributed by atoms with Crippen molar-refractivity contribution in [3.8, 4) is 45.7 Å². The topological polar surface area (TPSA) is 72.7 Å². The number of ether oxygens (including phenoxy) is 2. The summed E-state index contributed by atoms with van der Waals surface area (Å²) in [6.45, 7) is 6.22. The summed E-state index contributed by atoms with van der Waals surface area (Å²) in [7, 11) is 3.25. The van der Waals surface area contributed by atoms with E-state index in [9.17, 15) is 5.26 Å². The highest BCUT2D eigenvalue weighted by Crippen LogP contribution is 2.43. The van der Waals surface area contributed by atoms with Gasteiger partial charge in [-0.05, 0) is 86.5 Å². The molecule has 0 aliphatic heterocycles. The number of benzene rings is 3. The lowest BCUT2D eigenvalue weighted by Crippen LogP contribution is -1.99. The molecule has 0 unspecified atom stereocenters. The van der Waals surface area contributed by atoms with Gasteiger partial charge in [0, 0.05) is 40.0 Å². The fourth-order valence-corrected chi connectivity index (χ4v) is 4.80. The summed E-state index contributed by atoms with van der Waals surface area (Å²) in [6, 6.07) is 27.9. The second-order valence-corrected chi connectivity index (χ2v) is 9.31. The molecule has 6 nitrogen and oxygen atoms in total. The molecular weight excluding hydrogens is 486 g/mol. The molecule has 194 valence electrons. The Kier molecular flexibility index (Phi) is 7.07. The van der Waals surface area contributed by atoms with Gasteiger partial charge in [0.2, 0.25) is 5.88 Å². The van der Waals surface area contributed by atoms with E-state index in [1.165, 1.54) is 5.56 Å². The smallest absolute Gasteiger partial charge is 0.238 e. The molecule has 0 saturated carbocycles. The summed E-state index contributed by atoms with van der Waals surface area (Å²) < 4.78 is 19.2. The number of nitriles is 1. The Morgan fingerprint density at radius 2 is 1.49 bits per heavy atom. The summed E-state index contributed by atoms with van der Waals surface area (Å²) >= 11 is 0. The van der Waals surface area contributed by atoms with E-state index in [1.54, 1.807) is 20.4 Å². The van der Waals surface area contributed by atoms with E-state index >= 15 is 0 Å². The zero-order valence-corrected chi connectivity index (χ0v) is 22.6. The van der Waals surface area contributed by atoms with Crippen LogP contribution in [0.1, 0.15) is 28.1 Å². The molecule has 2 aromatic heterocycles. The molecule has 0 aliphatic carbocycles. The molecule has 0 spiro atoms. The largest absolute Gasteiger partial charge is 0.497 e. The van der Waals surface area contributed by atoms with Gasteiger partial charge in [-0.2, -0.15) is 5.26 Å². The van der Waals surface area contributed by atoms with E-state index in [2.05, 4.69) is 61.7 Å². The van der Waals surface area contributed by atoms with Gasteiger partial charge in [0.1, 0.15) is 28.9 Å².